The van der Waals surface area contributed by atoms with Gasteiger partial charge in [-0.25, -0.2) is 0 Å². The fourth-order valence-corrected chi connectivity index (χ4v) is 7.20. The molecule has 0 radical (unpaired) electrons. The number of aromatic nitrogens is 2. The van der Waals surface area contributed by atoms with Crippen LogP contribution in [0.4, 0.5) is 5.13 Å². The summed E-state index contributed by atoms with van der Waals surface area (Å²) in [5.41, 5.74) is 3.89. The normalized spacial score (nSPS) is 15.8. The number of aryl methyl sites for hydroxylation is 1. The number of nitrogens with zero attached hydrogens (tertiary/aromatic N) is 3. The van der Waals surface area contributed by atoms with E-state index in [2.05, 4.69) is 10.2 Å². The minimum absolute atomic E-state index is 0.109. The number of anilines is 1. The number of thioether (sulfide) groups is 1. The molecule has 1 fully saturated rings. The van der Waals surface area contributed by atoms with Crippen molar-refractivity contribution in [3.05, 3.63) is 139 Å². The van der Waals surface area contributed by atoms with Crippen molar-refractivity contribution >= 4 is 80.5 Å². The monoisotopic (exact) mass is 707 g/mol. The molecule has 4 aromatic carbocycles. The molecule has 1 saturated heterocycles. The number of halogens is 3. The van der Waals surface area contributed by atoms with E-state index in [1.54, 1.807) is 42.5 Å². The summed E-state index contributed by atoms with van der Waals surface area (Å²) in [6, 6.07) is 25.9. The lowest BCUT2D eigenvalue weighted by Crippen LogP contribution is -2.29. The molecule has 0 saturated carbocycles. The third-order valence-corrected chi connectivity index (χ3v) is 10.3. The van der Waals surface area contributed by atoms with E-state index in [4.69, 9.17) is 39.5 Å². The lowest BCUT2D eigenvalue weighted by atomic mass is 9.95. The van der Waals surface area contributed by atoms with Crippen LogP contribution in [0.25, 0.3) is 5.76 Å². The van der Waals surface area contributed by atoms with Crippen LogP contribution >= 0.6 is 57.9 Å². The average Bonchev–Trinajstić information content (AvgIpc) is 3.62. The molecule has 0 spiro atoms. The van der Waals surface area contributed by atoms with Gasteiger partial charge >= 0.3 is 5.91 Å². The molecule has 1 unspecified atom stereocenters. The Morgan fingerprint density at radius 2 is 1.67 bits per heavy atom. The maximum absolute atomic E-state index is 13.6. The Hall–Kier alpha value is -3.86. The summed E-state index contributed by atoms with van der Waals surface area (Å²) in [7, 11) is 0. The zero-order valence-electron chi connectivity index (χ0n) is 24.1. The van der Waals surface area contributed by atoms with Crippen LogP contribution in [0.5, 0.6) is 5.75 Å². The van der Waals surface area contributed by atoms with E-state index in [9.17, 15) is 14.7 Å². The maximum atomic E-state index is 13.6. The Labute approximate surface area is 288 Å². The first-order valence-corrected chi connectivity index (χ1v) is 16.9. The quantitative estimate of drug-likeness (QED) is 0.0537. The first kappa shape index (κ1) is 32.1. The SMILES string of the molecule is Cc1cccc(COc2ccc(C(O)=C3C(=O)C(=O)N(c4nnc(SCc5ccc(Cl)cc5)s4)C3c3ccc(Cl)c(Cl)c3)cc2)c1. The molecule has 46 heavy (non-hydrogen) atoms. The molecule has 12 heteroatoms. The van der Waals surface area contributed by atoms with Crippen molar-refractivity contribution in [2.24, 2.45) is 0 Å². The number of amides is 1. The molecule has 1 aromatic heterocycles. The predicted octanol–water partition coefficient (Wildman–Crippen LogP) is 9.30. The fraction of sp³-hybridized carbons (Fsp3) is 0.118. The molecule has 1 atom stereocenters. The number of rotatable bonds is 9. The van der Waals surface area contributed by atoms with E-state index in [0.717, 1.165) is 16.7 Å². The van der Waals surface area contributed by atoms with Gasteiger partial charge < -0.3 is 9.84 Å². The zero-order valence-corrected chi connectivity index (χ0v) is 28.0. The highest BCUT2D eigenvalue weighted by Gasteiger charge is 2.48. The largest absolute Gasteiger partial charge is 0.507 e. The zero-order chi connectivity index (χ0) is 32.4. The van der Waals surface area contributed by atoms with Gasteiger partial charge in [-0.05, 0) is 72.1 Å². The number of ketones is 1. The minimum Gasteiger partial charge on any atom is -0.507 e. The van der Waals surface area contributed by atoms with Crippen molar-refractivity contribution in [2.75, 3.05) is 4.90 Å². The van der Waals surface area contributed by atoms with Crippen LogP contribution < -0.4 is 9.64 Å². The smallest absolute Gasteiger partial charge is 0.301 e. The van der Waals surface area contributed by atoms with Gasteiger partial charge in [-0.2, -0.15) is 0 Å². The van der Waals surface area contributed by atoms with Gasteiger partial charge in [0, 0.05) is 16.3 Å². The number of hydrogen-bond acceptors (Lipinski definition) is 8. The predicted molar refractivity (Wildman–Crippen MR) is 184 cm³/mol. The molecular weight excluding hydrogens is 685 g/mol. The lowest BCUT2D eigenvalue weighted by molar-refractivity contribution is -0.132. The van der Waals surface area contributed by atoms with Crippen molar-refractivity contribution in [3.8, 4) is 5.75 Å². The van der Waals surface area contributed by atoms with Crippen molar-refractivity contribution in [2.45, 2.75) is 29.7 Å². The van der Waals surface area contributed by atoms with E-state index in [0.29, 0.717) is 43.6 Å². The Kier molecular flexibility index (Phi) is 9.67. The molecule has 232 valence electrons. The van der Waals surface area contributed by atoms with Gasteiger partial charge in [-0.3, -0.25) is 14.5 Å². The van der Waals surface area contributed by atoms with Gasteiger partial charge in [0.25, 0.3) is 5.78 Å². The first-order valence-electron chi connectivity index (χ1n) is 13.9. The molecule has 2 heterocycles. The van der Waals surface area contributed by atoms with E-state index in [1.165, 1.54) is 28.0 Å². The molecule has 1 N–H and O–H groups in total. The Morgan fingerprint density at radius 3 is 2.39 bits per heavy atom. The molecule has 1 aliphatic heterocycles. The average molecular weight is 709 g/mol. The molecule has 1 amide bonds. The summed E-state index contributed by atoms with van der Waals surface area (Å²) in [5.74, 6) is -0.868. The van der Waals surface area contributed by atoms with E-state index < -0.39 is 17.7 Å². The number of aliphatic hydroxyl groups excluding tert-OH is 1. The molecule has 6 rings (SSSR count). The first-order chi connectivity index (χ1) is 22.2. The third-order valence-electron chi connectivity index (χ3n) is 7.20. The van der Waals surface area contributed by atoms with E-state index in [-0.39, 0.29) is 21.5 Å². The molecule has 0 bridgehead atoms. The Morgan fingerprint density at radius 1 is 0.913 bits per heavy atom. The summed E-state index contributed by atoms with van der Waals surface area (Å²) in [4.78, 5) is 28.4. The van der Waals surface area contributed by atoms with Gasteiger partial charge in [-0.15, -0.1) is 10.2 Å². The number of Topliss-reactive ketones (excluding diaryl/α,β-unsaturated/α-hetero) is 1. The second-order valence-corrected chi connectivity index (χ2v) is 13.8. The van der Waals surface area contributed by atoms with Crippen LogP contribution in [0.1, 0.15) is 33.9 Å². The molecular formula is C34H24Cl3N3O4S2. The van der Waals surface area contributed by atoms with Gasteiger partial charge in [0.15, 0.2) is 4.34 Å². The van der Waals surface area contributed by atoms with Crippen molar-refractivity contribution in [1.82, 2.24) is 10.2 Å². The van der Waals surface area contributed by atoms with Gasteiger partial charge in [0.1, 0.15) is 18.1 Å². The third kappa shape index (κ3) is 6.94. The molecule has 5 aromatic rings. The highest BCUT2D eigenvalue weighted by molar-refractivity contribution is 8.00. The highest BCUT2D eigenvalue weighted by atomic mass is 35.5. The lowest BCUT2D eigenvalue weighted by Gasteiger charge is -2.23. The summed E-state index contributed by atoms with van der Waals surface area (Å²) in [5, 5.41) is 21.4. The number of hydrogen-bond donors (Lipinski definition) is 1. The molecule has 0 aliphatic carbocycles. The Bertz CT molecular complexity index is 1960. The summed E-state index contributed by atoms with van der Waals surface area (Å²) < 4.78 is 6.51. The second kappa shape index (κ2) is 13.9. The number of ether oxygens (including phenoxy) is 1. The van der Waals surface area contributed by atoms with Crippen molar-refractivity contribution in [1.29, 1.82) is 0 Å². The fourth-order valence-electron chi connectivity index (χ4n) is 4.94. The van der Waals surface area contributed by atoms with Gasteiger partial charge in [0.2, 0.25) is 5.13 Å². The van der Waals surface area contributed by atoms with Crippen LogP contribution in [0.15, 0.2) is 101 Å². The number of aliphatic hydroxyl groups is 1. The number of carbonyl (C=O) groups is 2. The maximum Gasteiger partial charge on any atom is 0.301 e. The summed E-state index contributed by atoms with van der Waals surface area (Å²) in [6.45, 7) is 2.39. The summed E-state index contributed by atoms with van der Waals surface area (Å²) >= 11 is 21.2. The highest BCUT2D eigenvalue weighted by Crippen LogP contribution is 2.45. The standard InChI is InChI=1S/C34H24Cl3N3O4S2/c1-19-3-2-4-21(15-19)17-44-25-12-7-22(8-13-25)30(41)28-29(23-9-14-26(36)27(37)16-23)40(32(43)31(28)42)33-38-39-34(46-33)45-18-20-5-10-24(35)11-6-20/h2-16,29,41H,17-18H2,1H3. The van der Waals surface area contributed by atoms with Crippen LogP contribution in [0.2, 0.25) is 15.1 Å². The van der Waals surface area contributed by atoms with Gasteiger partial charge in [-0.1, -0.05) is 106 Å². The number of carbonyl (C=O) groups excluding carboxylic acids is 2. The second-order valence-electron chi connectivity index (χ2n) is 10.4. The van der Waals surface area contributed by atoms with E-state index >= 15 is 0 Å². The van der Waals surface area contributed by atoms with Crippen molar-refractivity contribution in [3.63, 3.8) is 0 Å². The topological polar surface area (TPSA) is 92.6 Å². The van der Waals surface area contributed by atoms with Crippen LogP contribution in [0.3, 0.4) is 0 Å². The molecule has 1 aliphatic rings. The Balaban J connectivity index is 1.31. The van der Waals surface area contributed by atoms with Crippen LogP contribution in [-0.4, -0.2) is 27.0 Å². The number of benzene rings is 4. The molecule has 7 nitrogen and oxygen atoms in total. The van der Waals surface area contributed by atoms with Crippen LogP contribution in [-0.2, 0) is 21.9 Å². The van der Waals surface area contributed by atoms with Crippen LogP contribution in [0, 0.1) is 6.92 Å². The minimum atomic E-state index is -1.03. The van der Waals surface area contributed by atoms with E-state index in [1.807, 2.05) is 55.5 Å². The van der Waals surface area contributed by atoms with Crippen molar-refractivity contribution < 1.29 is 19.4 Å². The van der Waals surface area contributed by atoms with Gasteiger partial charge in [0.05, 0.1) is 21.7 Å². The summed E-state index contributed by atoms with van der Waals surface area (Å²) in [6.07, 6.45) is 0.